The number of nitrogens with zero attached hydrogens (tertiary/aromatic N) is 2. The van der Waals surface area contributed by atoms with Crippen molar-refractivity contribution in [1.29, 1.82) is 0 Å². The van der Waals surface area contributed by atoms with Gasteiger partial charge in [-0.15, -0.1) is 0 Å². The molecule has 2 rings (SSSR count). The van der Waals surface area contributed by atoms with Gasteiger partial charge in [0.05, 0.1) is 17.2 Å². The van der Waals surface area contributed by atoms with E-state index < -0.39 is 9.84 Å². The molecular formula is C12H15N3O3S. The first kappa shape index (κ1) is 13.5. The number of rotatable bonds is 5. The first-order valence-corrected chi connectivity index (χ1v) is 7.52. The van der Waals surface area contributed by atoms with Crippen LogP contribution in [0.15, 0.2) is 33.7 Å². The molecule has 0 aliphatic carbocycles. The zero-order chi connectivity index (χ0) is 13.9. The zero-order valence-electron chi connectivity index (χ0n) is 10.8. The Labute approximate surface area is 111 Å². The predicted molar refractivity (Wildman–Crippen MR) is 70.5 cm³/mol. The number of aryl methyl sites for hydroxylation is 1. The molecule has 1 heterocycles. The molecule has 6 nitrogen and oxygen atoms in total. The number of hydrogen-bond donors (Lipinski definition) is 1. The molecule has 0 amide bonds. The van der Waals surface area contributed by atoms with Crippen LogP contribution in [0.5, 0.6) is 0 Å². The molecule has 0 fully saturated rings. The van der Waals surface area contributed by atoms with E-state index >= 15 is 0 Å². The van der Waals surface area contributed by atoms with Gasteiger partial charge in [-0.3, -0.25) is 0 Å². The number of aromatic nitrogens is 2. The van der Waals surface area contributed by atoms with Crippen LogP contribution in [-0.2, 0) is 16.4 Å². The SMILES string of the molecule is CCS(=O)(=O)c1ccc(NCc2nc(C)no2)cc1. The van der Waals surface area contributed by atoms with Crippen molar-refractivity contribution in [2.24, 2.45) is 0 Å². The summed E-state index contributed by atoms with van der Waals surface area (Å²) in [7, 11) is -3.15. The van der Waals surface area contributed by atoms with Gasteiger partial charge in [0.2, 0.25) is 5.89 Å². The quantitative estimate of drug-likeness (QED) is 0.899. The van der Waals surface area contributed by atoms with Gasteiger partial charge in [0.15, 0.2) is 15.7 Å². The first-order chi connectivity index (χ1) is 9.01. The minimum Gasteiger partial charge on any atom is -0.376 e. The van der Waals surface area contributed by atoms with Crippen LogP contribution in [0, 0.1) is 6.92 Å². The maximum atomic E-state index is 11.6. The second-order valence-electron chi connectivity index (χ2n) is 4.02. The van der Waals surface area contributed by atoms with Gasteiger partial charge in [-0.25, -0.2) is 8.42 Å². The number of sulfone groups is 1. The fourth-order valence-corrected chi connectivity index (χ4v) is 2.42. The molecule has 102 valence electrons. The second-order valence-corrected chi connectivity index (χ2v) is 6.29. The molecule has 1 aromatic carbocycles. The molecule has 0 unspecified atom stereocenters. The highest BCUT2D eigenvalue weighted by Gasteiger charge is 2.10. The highest BCUT2D eigenvalue weighted by Crippen LogP contribution is 2.15. The van der Waals surface area contributed by atoms with Gasteiger partial charge in [0.25, 0.3) is 0 Å². The van der Waals surface area contributed by atoms with Crippen molar-refractivity contribution < 1.29 is 12.9 Å². The molecule has 0 radical (unpaired) electrons. The maximum Gasteiger partial charge on any atom is 0.245 e. The summed E-state index contributed by atoms with van der Waals surface area (Å²) in [6.07, 6.45) is 0. The van der Waals surface area contributed by atoms with E-state index in [9.17, 15) is 8.42 Å². The Hall–Kier alpha value is -1.89. The molecule has 2 aromatic rings. The number of hydrogen-bond acceptors (Lipinski definition) is 6. The van der Waals surface area contributed by atoms with Gasteiger partial charge >= 0.3 is 0 Å². The van der Waals surface area contributed by atoms with Gasteiger partial charge in [-0.1, -0.05) is 12.1 Å². The lowest BCUT2D eigenvalue weighted by Crippen LogP contribution is -2.04. The van der Waals surface area contributed by atoms with Crippen LogP contribution in [0.1, 0.15) is 18.6 Å². The Morgan fingerprint density at radius 3 is 2.47 bits per heavy atom. The summed E-state index contributed by atoms with van der Waals surface area (Å²) >= 11 is 0. The molecule has 1 N–H and O–H groups in total. The topological polar surface area (TPSA) is 85.1 Å². The van der Waals surface area contributed by atoms with Crippen molar-refractivity contribution >= 4 is 15.5 Å². The molecule has 19 heavy (non-hydrogen) atoms. The summed E-state index contributed by atoms with van der Waals surface area (Å²) < 4.78 is 28.2. The fraction of sp³-hybridized carbons (Fsp3) is 0.333. The average molecular weight is 281 g/mol. The molecule has 0 spiro atoms. The van der Waals surface area contributed by atoms with Gasteiger partial charge in [0, 0.05) is 5.69 Å². The largest absolute Gasteiger partial charge is 0.376 e. The molecule has 0 bridgehead atoms. The summed E-state index contributed by atoms with van der Waals surface area (Å²) in [6.45, 7) is 3.78. The summed E-state index contributed by atoms with van der Waals surface area (Å²) in [5, 5.41) is 6.76. The lowest BCUT2D eigenvalue weighted by molar-refractivity contribution is 0.379. The molecule has 0 atom stereocenters. The lowest BCUT2D eigenvalue weighted by Gasteiger charge is -2.05. The normalized spacial score (nSPS) is 11.5. The number of benzene rings is 1. The van der Waals surface area contributed by atoms with Crippen LogP contribution >= 0.6 is 0 Å². The molecule has 7 heteroatoms. The van der Waals surface area contributed by atoms with Gasteiger partial charge in [-0.2, -0.15) is 4.98 Å². The second kappa shape index (κ2) is 5.40. The molecular weight excluding hydrogens is 266 g/mol. The van der Waals surface area contributed by atoms with Crippen LogP contribution in [-0.4, -0.2) is 24.3 Å². The van der Waals surface area contributed by atoms with Crippen LogP contribution in [0.3, 0.4) is 0 Å². The molecule has 0 saturated heterocycles. The van der Waals surface area contributed by atoms with E-state index in [0.29, 0.717) is 23.2 Å². The van der Waals surface area contributed by atoms with Gasteiger partial charge < -0.3 is 9.84 Å². The van der Waals surface area contributed by atoms with E-state index in [1.165, 1.54) is 0 Å². The Morgan fingerprint density at radius 1 is 1.26 bits per heavy atom. The first-order valence-electron chi connectivity index (χ1n) is 5.87. The number of nitrogens with one attached hydrogen (secondary N) is 1. The van der Waals surface area contributed by atoms with E-state index in [2.05, 4.69) is 15.5 Å². The highest BCUT2D eigenvalue weighted by molar-refractivity contribution is 7.91. The molecule has 1 aromatic heterocycles. The van der Waals surface area contributed by atoms with E-state index in [-0.39, 0.29) is 5.75 Å². The average Bonchev–Trinajstić information content (AvgIpc) is 2.83. The highest BCUT2D eigenvalue weighted by atomic mass is 32.2. The Morgan fingerprint density at radius 2 is 1.95 bits per heavy atom. The molecule has 0 aliphatic heterocycles. The Bertz CT molecular complexity index is 647. The monoisotopic (exact) mass is 281 g/mol. The van der Waals surface area contributed by atoms with Gasteiger partial charge in [0.1, 0.15) is 0 Å². The van der Waals surface area contributed by atoms with Crippen molar-refractivity contribution in [3.8, 4) is 0 Å². The Balaban J connectivity index is 2.03. The summed E-state index contributed by atoms with van der Waals surface area (Å²) in [5.74, 6) is 1.17. The molecule has 0 aliphatic rings. The van der Waals surface area contributed by atoms with Gasteiger partial charge in [-0.05, 0) is 31.2 Å². The van der Waals surface area contributed by atoms with Crippen LogP contribution in [0.2, 0.25) is 0 Å². The van der Waals surface area contributed by atoms with Crippen LogP contribution in [0.25, 0.3) is 0 Å². The van der Waals surface area contributed by atoms with Crippen molar-refractivity contribution in [3.05, 3.63) is 36.0 Å². The summed E-state index contributed by atoms with van der Waals surface area (Å²) in [6, 6.07) is 6.60. The number of anilines is 1. The van der Waals surface area contributed by atoms with Crippen LogP contribution < -0.4 is 5.32 Å². The van der Waals surface area contributed by atoms with Crippen molar-refractivity contribution in [1.82, 2.24) is 10.1 Å². The smallest absolute Gasteiger partial charge is 0.245 e. The standard InChI is InChI=1S/C12H15N3O3S/c1-3-19(16,17)11-6-4-10(5-7-11)13-8-12-14-9(2)15-18-12/h4-7,13H,3,8H2,1-2H3. The minimum atomic E-state index is -3.15. The maximum absolute atomic E-state index is 11.6. The van der Waals surface area contributed by atoms with Crippen molar-refractivity contribution in [3.63, 3.8) is 0 Å². The van der Waals surface area contributed by atoms with Crippen molar-refractivity contribution in [2.75, 3.05) is 11.1 Å². The fourth-order valence-electron chi connectivity index (χ4n) is 1.54. The minimum absolute atomic E-state index is 0.0983. The molecule has 0 saturated carbocycles. The third-order valence-corrected chi connectivity index (χ3v) is 4.36. The lowest BCUT2D eigenvalue weighted by atomic mass is 10.3. The van der Waals surface area contributed by atoms with E-state index in [4.69, 9.17) is 4.52 Å². The van der Waals surface area contributed by atoms with E-state index in [1.807, 2.05) is 0 Å². The van der Waals surface area contributed by atoms with Crippen molar-refractivity contribution in [2.45, 2.75) is 25.3 Å². The van der Waals surface area contributed by atoms with Crippen LogP contribution in [0.4, 0.5) is 5.69 Å². The Kier molecular flexibility index (Phi) is 3.84. The third kappa shape index (κ3) is 3.31. The van der Waals surface area contributed by atoms with E-state index in [1.54, 1.807) is 38.1 Å². The predicted octanol–water partition coefficient (Wildman–Crippen LogP) is 1.78. The zero-order valence-corrected chi connectivity index (χ0v) is 11.6. The summed E-state index contributed by atoms with van der Waals surface area (Å²) in [5.41, 5.74) is 0.797. The third-order valence-electron chi connectivity index (χ3n) is 2.61. The summed E-state index contributed by atoms with van der Waals surface area (Å²) in [4.78, 5) is 4.39. The van der Waals surface area contributed by atoms with E-state index in [0.717, 1.165) is 5.69 Å².